The summed E-state index contributed by atoms with van der Waals surface area (Å²) in [4.78, 5) is 20.6. The summed E-state index contributed by atoms with van der Waals surface area (Å²) < 4.78 is 18.5. The van der Waals surface area contributed by atoms with Crippen LogP contribution in [0.2, 0.25) is 0 Å². The number of hydrogen-bond acceptors (Lipinski definition) is 6. The Bertz CT molecular complexity index is 1260. The van der Waals surface area contributed by atoms with Crippen molar-refractivity contribution in [3.8, 4) is 17.6 Å². The van der Waals surface area contributed by atoms with Gasteiger partial charge in [-0.1, -0.05) is 36.1 Å². The fourth-order valence-electron chi connectivity index (χ4n) is 4.23. The van der Waals surface area contributed by atoms with Crippen molar-refractivity contribution in [1.29, 1.82) is 0 Å². The second-order valence-corrected chi connectivity index (χ2v) is 9.40. The molecule has 1 saturated heterocycles. The van der Waals surface area contributed by atoms with Gasteiger partial charge in [0.25, 0.3) is 5.56 Å². The molecule has 1 unspecified atom stereocenters. The lowest BCUT2D eigenvalue weighted by atomic mass is 9.92. The number of nitrogens with zero attached hydrogens (tertiary/aromatic N) is 2. The van der Waals surface area contributed by atoms with E-state index in [0.29, 0.717) is 25.4 Å². The average Bonchev–Trinajstić information content (AvgIpc) is 2.93. The summed E-state index contributed by atoms with van der Waals surface area (Å²) in [6.45, 7) is 5.22. The Morgan fingerprint density at radius 1 is 1.16 bits per heavy atom. The summed E-state index contributed by atoms with van der Waals surface area (Å²) in [5.74, 6) is 5.93. The molecule has 1 aliphatic heterocycles. The van der Waals surface area contributed by atoms with Crippen molar-refractivity contribution < 1.29 is 14.2 Å². The molecule has 8 heteroatoms. The lowest BCUT2D eigenvalue weighted by molar-refractivity contribution is -0.0176. The van der Waals surface area contributed by atoms with Crippen molar-refractivity contribution in [1.82, 2.24) is 20.2 Å². The summed E-state index contributed by atoms with van der Waals surface area (Å²) in [6.07, 6.45) is 2.68. The second kappa shape index (κ2) is 13.2. The molecular formula is C29H33FN4O3. The van der Waals surface area contributed by atoms with E-state index in [9.17, 15) is 14.3 Å². The maximum Gasteiger partial charge on any atom is 0.293 e. The Hall–Kier alpha value is -3.51. The van der Waals surface area contributed by atoms with E-state index >= 15 is 0 Å². The van der Waals surface area contributed by atoms with E-state index in [-0.39, 0.29) is 17.7 Å². The number of ether oxygens (including phenoxy) is 1. The van der Waals surface area contributed by atoms with Crippen LogP contribution in [0.1, 0.15) is 47.2 Å². The van der Waals surface area contributed by atoms with E-state index < -0.39 is 12.2 Å². The first-order chi connectivity index (χ1) is 18.0. The Labute approximate surface area is 216 Å². The molecule has 37 heavy (non-hydrogen) atoms. The van der Waals surface area contributed by atoms with Crippen LogP contribution in [0.25, 0.3) is 0 Å². The van der Waals surface area contributed by atoms with Crippen molar-refractivity contribution in [3.63, 3.8) is 0 Å². The van der Waals surface area contributed by atoms with Crippen LogP contribution in [0.3, 0.4) is 0 Å². The summed E-state index contributed by atoms with van der Waals surface area (Å²) >= 11 is 0. The molecule has 4 rings (SSSR count). The predicted octanol–water partition coefficient (Wildman–Crippen LogP) is 3.33. The molecular weight excluding hydrogens is 471 g/mol. The second-order valence-electron chi connectivity index (χ2n) is 9.40. The highest BCUT2D eigenvalue weighted by molar-refractivity contribution is 5.44. The molecule has 0 saturated carbocycles. The topological polar surface area (TPSA) is 90.5 Å². The number of nitrogens with one attached hydrogen (secondary N) is 2. The van der Waals surface area contributed by atoms with Crippen molar-refractivity contribution in [2.75, 3.05) is 33.1 Å². The van der Waals surface area contributed by atoms with Crippen molar-refractivity contribution in [3.05, 3.63) is 93.2 Å². The maximum absolute atomic E-state index is 13.0. The van der Waals surface area contributed by atoms with Gasteiger partial charge in [0, 0.05) is 55.7 Å². The Morgan fingerprint density at radius 2 is 1.86 bits per heavy atom. The van der Waals surface area contributed by atoms with Crippen molar-refractivity contribution in [2.24, 2.45) is 0 Å². The molecule has 2 aromatic carbocycles. The highest BCUT2D eigenvalue weighted by Gasteiger charge is 2.18. The highest BCUT2D eigenvalue weighted by atomic mass is 19.1. The summed E-state index contributed by atoms with van der Waals surface area (Å²) in [5, 5.41) is 13.3. The minimum absolute atomic E-state index is 0.117. The number of hydrogen-bond donors (Lipinski definition) is 3. The zero-order valence-electron chi connectivity index (χ0n) is 21.0. The van der Waals surface area contributed by atoms with Crippen molar-refractivity contribution in [2.45, 2.75) is 38.3 Å². The Balaban J connectivity index is 1.43. The predicted molar refractivity (Wildman–Crippen MR) is 141 cm³/mol. The number of H-pyrrole nitrogens is 1. The normalized spacial score (nSPS) is 15.5. The van der Waals surface area contributed by atoms with E-state index in [4.69, 9.17) is 4.74 Å². The molecule has 2 atom stereocenters. The van der Waals surface area contributed by atoms with E-state index in [1.807, 2.05) is 36.4 Å². The van der Waals surface area contributed by atoms with Gasteiger partial charge in [-0.3, -0.25) is 9.69 Å². The summed E-state index contributed by atoms with van der Waals surface area (Å²) in [7, 11) is 0. The minimum atomic E-state index is -0.576. The summed E-state index contributed by atoms with van der Waals surface area (Å²) in [5.41, 5.74) is 3.77. The molecule has 0 bridgehead atoms. The number of alkyl halides is 1. The van der Waals surface area contributed by atoms with Gasteiger partial charge >= 0.3 is 0 Å². The molecule has 3 aromatic rings. The molecule has 1 fully saturated rings. The third-order valence-electron chi connectivity index (χ3n) is 6.42. The van der Waals surface area contributed by atoms with Crippen molar-refractivity contribution >= 4 is 0 Å². The van der Waals surface area contributed by atoms with Crippen LogP contribution in [-0.4, -0.2) is 59.1 Å². The number of halogens is 1. The van der Waals surface area contributed by atoms with Gasteiger partial charge in [-0.2, -0.15) is 0 Å². The van der Waals surface area contributed by atoms with Crippen LogP contribution in [0.15, 0.2) is 59.7 Å². The van der Waals surface area contributed by atoms with Crippen LogP contribution in [0, 0.1) is 11.8 Å². The molecule has 7 nitrogen and oxygen atoms in total. The molecule has 3 N–H and O–H groups in total. The lowest BCUT2D eigenvalue weighted by Gasteiger charge is -2.26. The first-order valence-corrected chi connectivity index (χ1v) is 12.6. The van der Waals surface area contributed by atoms with Crippen LogP contribution in [0.5, 0.6) is 5.75 Å². The average molecular weight is 505 g/mol. The third kappa shape index (κ3) is 7.73. The SMILES string of the molecule is C[C@@H](CF)NCC(Cc1nc[nH]c(=O)c1O)c1ccc(C#Cc2ccc(CN3CCCOC3)cc2)cc1. The van der Waals surface area contributed by atoms with E-state index in [0.717, 1.165) is 42.8 Å². The Morgan fingerprint density at radius 3 is 2.51 bits per heavy atom. The zero-order valence-corrected chi connectivity index (χ0v) is 21.0. The molecule has 1 aromatic heterocycles. The van der Waals surface area contributed by atoms with Gasteiger partial charge in [0.2, 0.25) is 5.75 Å². The number of benzene rings is 2. The van der Waals surface area contributed by atoms with Gasteiger partial charge in [0.1, 0.15) is 6.67 Å². The molecule has 1 aliphatic rings. The minimum Gasteiger partial charge on any atom is -0.502 e. The molecule has 0 spiro atoms. The molecule has 2 heterocycles. The van der Waals surface area contributed by atoms with Crippen LogP contribution >= 0.6 is 0 Å². The van der Waals surface area contributed by atoms with Gasteiger partial charge in [-0.15, -0.1) is 0 Å². The first kappa shape index (κ1) is 26.6. The quantitative estimate of drug-likeness (QED) is 0.388. The fraction of sp³-hybridized carbons (Fsp3) is 0.379. The van der Waals surface area contributed by atoms with Gasteiger partial charge < -0.3 is 20.1 Å². The van der Waals surface area contributed by atoms with E-state index in [1.165, 1.54) is 11.9 Å². The molecule has 194 valence electrons. The number of rotatable bonds is 9. The van der Waals surface area contributed by atoms with Gasteiger partial charge in [-0.05, 0) is 48.7 Å². The first-order valence-electron chi connectivity index (χ1n) is 12.6. The van der Waals surface area contributed by atoms with E-state index in [1.54, 1.807) is 6.92 Å². The standard InChI is InChI=1S/C29H33FN4O3/c1-21(16-30)31-17-26(15-27-28(35)29(36)33-19-32-27)25-11-9-23(10-12-25)4-3-22-5-7-24(8-6-22)18-34-13-2-14-37-20-34/h5-12,19,21,26,31,35H,2,13-18,20H2,1H3,(H,32,33,36)/t21-,26?/m0/s1. The Kier molecular flexibility index (Phi) is 9.44. The zero-order chi connectivity index (χ0) is 26.0. The third-order valence-corrected chi connectivity index (χ3v) is 6.42. The van der Waals surface area contributed by atoms with E-state index in [2.05, 4.69) is 44.2 Å². The lowest BCUT2D eigenvalue weighted by Crippen LogP contribution is -2.32. The highest BCUT2D eigenvalue weighted by Crippen LogP contribution is 2.23. The van der Waals surface area contributed by atoms with Crippen LogP contribution in [-0.2, 0) is 17.7 Å². The number of aromatic amines is 1. The van der Waals surface area contributed by atoms with Crippen LogP contribution < -0.4 is 10.9 Å². The summed E-state index contributed by atoms with van der Waals surface area (Å²) in [6, 6.07) is 15.8. The largest absolute Gasteiger partial charge is 0.502 e. The monoisotopic (exact) mass is 504 g/mol. The number of aromatic nitrogens is 2. The van der Waals surface area contributed by atoms with Gasteiger partial charge in [-0.25, -0.2) is 9.37 Å². The molecule has 0 amide bonds. The fourth-order valence-corrected chi connectivity index (χ4v) is 4.23. The maximum atomic E-state index is 13.0. The van der Waals surface area contributed by atoms with Crippen LogP contribution in [0.4, 0.5) is 4.39 Å². The molecule has 0 radical (unpaired) electrons. The molecule has 0 aliphatic carbocycles. The smallest absolute Gasteiger partial charge is 0.293 e. The number of aromatic hydroxyl groups is 1. The van der Waals surface area contributed by atoms with Gasteiger partial charge in [0.05, 0.1) is 18.8 Å². The van der Waals surface area contributed by atoms with Gasteiger partial charge in [0.15, 0.2) is 0 Å².